The molecule has 0 aliphatic carbocycles. The van der Waals surface area contributed by atoms with Crippen LogP contribution in [0.15, 0.2) is 48.5 Å². The molecule has 29 heavy (non-hydrogen) atoms. The number of anilines is 2. The summed E-state index contributed by atoms with van der Waals surface area (Å²) in [5.74, 6) is -0.0292. The Morgan fingerprint density at radius 1 is 1.07 bits per heavy atom. The van der Waals surface area contributed by atoms with Gasteiger partial charge < -0.3 is 10.2 Å². The molecule has 150 valence electrons. The molecule has 0 radical (unpaired) electrons. The highest BCUT2D eigenvalue weighted by Gasteiger charge is 2.19. The van der Waals surface area contributed by atoms with Gasteiger partial charge in [0.25, 0.3) is 0 Å². The second kappa shape index (κ2) is 8.29. The first-order valence-corrected chi connectivity index (χ1v) is 10.4. The van der Waals surface area contributed by atoms with E-state index in [4.69, 9.17) is 11.6 Å². The average molecular weight is 409 g/mol. The number of carbonyl (C=O) groups excluding carboxylic acids is 1. The minimum Gasteiger partial charge on any atom is -0.370 e. The number of rotatable bonds is 5. The zero-order valence-electron chi connectivity index (χ0n) is 16.8. The third-order valence-electron chi connectivity index (χ3n) is 5.47. The smallest absolute Gasteiger partial charge is 0.228 e. The van der Waals surface area contributed by atoms with Gasteiger partial charge in [0.2, 0.25) is 5.91 Å². The molecule has 1 aliphatic rings. The van der Waals surface area contributed by atoms with Gasteiger partial charge >= 0.3 is 0 Å². The SMILES string of the molecule is Cc1nn(-c2ccc(Cl)cc2)c(C)c1CC(=O)Nc1ccccc1N1CCCC1. The van der Waals surface area contributed by atoms with E-state index in [-0.39, 0.29) is 5.91 Å². The number of aryl methyl sites for hydroxylation is 1. The number of para-hydroxylation sites is 2. The molecule has 0 saturated carbocycles. The minimum atomic E-state index is -0.0292. The summed E-state index contributed by atoms with van der Waals surface area (Å²) >= 11 is 6.00. The van der Waals surface area contributed by atoms with Crippen LogP contribution in [0.3, 0.4) is 0 Å². The first-order chi connectivity index (χ1) is 14.0. The van der Waals surface area contributed by atoms with Crippen molar-refractivity contribution < 1.29 is 4.79 Å². The molecule has 1 aromatic heterocycles. The second-order valence-electron chi connectivity index (χ2n) is 7.47. The van der Waals surface area contributed by atoms with Crippen molar-refractivity contribution in [3.8, 4) is 5.69 Å². The summed E-state index contributed by atoms with van der Waals surface area (Å²) in [6, 6.07) is 15.6. The van der Waals surface area contributed by atoms with Gasteiger partial charge in [-0.2, -0.15) is 5.10 Å². The summed E-state index contributed by atoms with van der Waals surface area (Å²) in [7, 11) is 0. The van der Waals surface area contributed by atoms with E-state index in [1.165, 1.54) is 12.8 Å². The Morgan fingerprint density at radius 3 is 2.48 bits per heavy atom. The van der Waals surface area contributed by atoms with Crippen molar-refractivity contribution in [2.24, 2.45) is 0 Å². The second-order valence-corrected chi connectivity index (χ2v) is 7.91. The van der Waals surface area contributed by atoms with Gasteiger partial charge in [-0.3, -0.25) is 4.79 Å². The lowest BCUT2D eigenvalue weighted by molar-refractivity contribution is -0.115. The molecular formula is C23H25ClN4O. The standard InChI is InChI=1S/C23H25ClN4O/c1-16-20(17(2)28(26-16)19-11-9-18(24)10-12-19)15-23(29)25-21-7-3-4-8-22(21)27-13-5-6-14-27/h3-4,7-12H,5-6,13-15H2,1-2H3,(H,25,29). The number of hydrogen-bond acceptors (Lipinski definition) is 3. The van der Waals surface area contributed by atoms with E-state index in [0.29, 0.717) is 11.4 Å². The molecule has 3 aromatic rings. The lowest BCUT2D eigenvalue weighted by Gasteiger charge is -2.21. The molecule has 1 N–H and O–H groups in total. The van der Waals surface area contributed by atoms with E-state index in [2.05, 4.69) is 21.4 Å². The Bertz CT molecular complexity index is 1020. The van der Waals surface area contributed by atoms with Crippen LogP contribution < -0.4 is 10.2 Å². The molecular weight excluding hydrogens is 384 g/mol. The van der Waals surface area contributed by atoms with Gasteiger partial charge in [-0.25, -0.2) is 4.68 Å². The largest absolute Gasteiger partial charge is 0.370 e. The van der Waals surface area contributed by atoms with E-state index >= 15 is 0 Å². The molecule has 6 heteroatoms. The van der Waals surface area contributed by atoms with E-state index in [1.54, 1.807) is 0 Å². The number of halogens is 1. The van der Waals surface area contributed by atoms with Crippen LogP contribution in [0.5, 0.6) is 0 Å². The molecule has 1 saturated heterocycles. The van der Waals surface area contributed by atoms with Crippen LogP contribution in [-0.4, -0.2) is 28.8 Å². The Hall–Kier alpha value is -2.79. The normalized spacial score (nSPS) is 13.7. The molecule has 2 aromatic carbocycles. The van der Waals surface area contributed by atoms with Crippen molar-refractivity contribution in [2.45, 2.75) is 33.1 Å². The number of amides is 1. The van der Waals surface area contributed by atoms with Gasteiger partial charge in [0.1, 0.15) is 0 Å². The molecule has 1 aliphatic heterocycles. The summed E-state index contributed by atoms with van der Waals surface area (Å²) in [6.07, 6.45) is 2.69. The van der Waals surface area contributed by atoms with Crippen LogP contribution in [0.25, 0.3) is 5.69 Å². The van der Waals surface area contributed by atoms with Gasteiger partial charge in [0, 0.05) is 29.4 Å². The third-order valence-corrected chi connectivity index (χ3v) is 5.73. The van der Waals surface area contributed by atoms with Crippen LogP contribution in [0.2, 0.25) is 5.02 Å². The molecule has 0 unspecified atom stereocenters. The van der Waals surface area contributed by atoms with Gasteiger partial charge in [0.15, 0.2) is 0 Å². The Balaban J connectivity index is 1.53. The number of benzene rings is 2. The highest BCUT2D eigenvalue weighted by atomic mass is 35.5. The first kappa shape index (κ1) is 19.5. The van der Waals surface area contributed by atoms with Crippen molar-refractivity contribution in [1.29, 1.82) is 0 Å². The fourth-order valence-electron chi connectivity index (χ4n) is 3.93. The maximum atomic E-state index is 12.9. The van der Waals surface area contributed by atoms with Crippen LogP contribution in [0, 0.1) is 13.8 Å². The molecule has 4 rings (SSSR count). The van der Waals surface area contributed by atoms with Gasteiger partial charge in [-0.05, 0) is 63.1 Å². The zero-order chi connectivity index (χ0) is 20.4. The van der Waals surface area contributed by atoms with E-state index in [0.717, 1.165) is 47.1 Å². The summed E-state index contributed by atoms with van der Waals surface area (Å²) in [5, 5.41) is 8.43. The van der Waals surface area contributed by atoms with Crippen molar-refractivity contribution in [3.63, 3.8) is 0 Å². The lowest BCUT2D eigenvalue weighted by Crippen LogP contribution is -2.22. The highest BCUT2D eigenvalue weighted by Crippen LogP contribution is 2.29. The predicted molar refractivity (Wildman–Crippen MR) is 118 cm³/mol. The molecule has 2 heterocycles. The number of hydrogen-bond donors (Lipinski definition) is 1. The number of aromatic nitrogens is 2. The minimum absolute atomic E-state index is 0.0292. The molecule has 1 amide bonds. The third kappa shape index (κ3) is 4.15. The van der Waals surface area contributed by atoms with Crippen molar-refractivity contribution >= 4 is 28.9 Å². The average Bonchev–Trinajstić information content (AvgIpc) is 3.34. The fourth-order valence-corrected chi connectivity index (χ4v) is 4.06. The highest BCUT2D eigenvalue weighted by molar-refractivity contribution is 6.30. The molecule has 1 fully saturated rings. The van der Waals surface area contributed by atoms with Crippen LogP contribution in [0.4, 0.5) is 11.4 Å². The Kier molecular flexibility index (Phi) is 5.58. The van der Waals surface area contributed by atoms with Gasteiger partial charge in [-0.15, -0.1) is 0 Å². The lowest BCUT2D eigenvalue weighted by atomic mass is 10.1. The Labute approximate surface area is 176 Å². The summed E-state index contributed by atoms with van der Waals surface area (Å²) in [5.41, 5.74) is 5.69. The fraction of sp³-hybridized carbons (Fsp3) is 0.304. The van der Waals surface area contributed by atoms with Crippen LogP contribution >= 0.6 is 11.6 Å². The van der Waals surface area contributed by atoms with Gasteiger partial charge in [-0.1, -0.05) is 23.7 Å². The maximum absolute atomic E-state index is 12.9. The van der Waals surface area contributed by atoms with E-state index < -0.39 is 0 Å². The van der Waals surface area contributed by atoms with Crippen molar-refractivity contribution in [3.05, 3.63) is 70.5 Å². The summed E-state index contributed by atoms with van der Waals surface area (Å²) in [4.78, 5) is 15.2. The summed E-state index contributed by atoms with van der Waals surface area (Å²) in [6.45, 7) is 6.02. The van der Waals surface area contributed by atoms with Crippen molar-refractivity contribution in [1.82, 2.24) is 9.78 Å². The Morgan fingerprint density at radius 2 is 1.76 bits per heavy atom. The van der Waals surface area contributed by atoms with E-state index in [9.17, 15) is 4.79 Å². The predicted octanol–water partition coefficient (Wildman–Crippen LogP) is 4.92. The van der Waals surface area contributed by atoms with Crippen LogP contribution in [-0.2, 0) is 11.2 Å². The van der Waals surface area contributed by atoms with Crippen LogP contribution in [0.1, 0.15) is 29.8 Å². The van der Waals surface area contributed by atoms with Gasteiger partial charge in [0.05, 0.1) is 29.2 Å². The topological polar surface area (TPSA) is 50.2 Å². The zero-order valence-corrected chi connectivity index (χ0v) is 17.5. The molecule has 0 atom stereocenters. The number of nitrogens with zero attached hydrogens (tertiary/aromatic N) is 3. The molecule has 0 spiro atoms. The van der Waals surface area contributed by atoms with Crippen molar-refractivity contribution in [2.75, 3.05) is 23.3 Å². The number of carbonyl (C=O) groups is 1. The summed E-state index contributed by atoms with van der Waals surface area (Å²) < 4.78 is 1.87. The first-order valence-electron chi connectivity index (χ1n) is 9.98. The molecule has 5 nitrogen and oxygen atoms in total. The molecule has 0 bridgehead atoms. The monoisotopic (exact) mass is 408 g/mol. The quantitative estimate of drug-likeness (QED) is 0.651. The maximum Gasteiger partial charge on any atom is 0.228 e. The number of nitrogens with one attached hydrogen (secondary N) is 1. The van der Waals surface area contributed by atoms with E-state index in [1.807, 2.05) is 61.0 Å².